The van der Waals surface area contributed by atoms with Crippen LogP contribution in [0.4, 0.5) is 5.13 Å². The summed E-state index contributed by atoms with van der Waals surface area (Å²) in [4.78, 5) is 4.42. The molecule has 1 aliphatic rings. The SMILES string of the molecule is Oc1ccc(-c2csc(NN=C3CCCC3)n2)cc1O. The largest absolute Gasteiger partial charge is 0.504 e. The van der Waals surface area contributed by atoms with Gasteiger partial charge in [-0.25, -0.2) is 4.98 Å². The zero-order chi connectivity index (χ0) is 13.9. The third kappa shape index (κ3) is 2.75. The number of hydrazone groups is 1. The monoisotopic (exact) mass is 289 g/mol. The second kappa shape index (κ2) is 5.50. The number of hydrogen-bond acceptors (Lipinski definition) is 6. The van der Waals surface area contributed by atoms with E-state index in [1.54, 1.807) is 6.07 Å². The van der Waals surface area contributed by atoms with Crippen molar-refractivity contribution in [2.45, 2.75) is 25.7 Å². The predicted octanol–water partition coefficient (Wildman–Crippen LogP) is 3.56. The zero-order valence-electron chi connectivity index (χ0n) is 10.8. The molecule has 104 valence electrons. The number of rotatable bonds is 3. The number of aromatic hydroxyl groups is 2. The molecule has 3 rings (SSSR count). The Hall–Kier alpha value is -2.08. The summed E-state index contributed by atoms with van der Waals surface area (Å²) in [6.07, 6.45) is 4.57. The first-order valence-electron chi connectivity index (χ1n) is 6.52. The summed E-state index contributed by atoms with van der Waals surface area (Å²) in [6.45, 7) is 0. The van der Waals surface area contributed by atoms with Crippen molar-refractivity contribution < 1.29 is 10.2 Å². The van der Waals surface area contributed by atoms with E-state index in [0.29, 0.717) is 0 Å². The minimum absolute atomic E-state index is 0.130. The number of thiazole rings is 1. The molecule has 0 spiro atoms. The van der Waals surface area contributed by atoms with Gasteiger partial charge in [-0.05, 0) is 43.9 Å². The molecule has 0 amide bonds. The number of anilines is 1. The Kier molecular flexibility index (Phi) is 3.56. The van der Waals surface area contributed by atoms with E-state index in [4.69, 9.17) is 0 Å². The Morgan fingerprint density at radius 3 is 2.70 bits per heavy atom. The fraction of sp³-hybridized carbons (Fsp3) is 0.286. The molecule has 1 saturated carbocycles. The summed E-state index contributed by atoms with van der Waals surface area (Å²) in [5.74, 6) is -0.272. The van der Waals surface area contributed by atoms with Gasteiger partial charge >= 0.3 is 0 Å². The van der Waals surface area contributed by atoms with Crippen molar-refractivity contribution in [2.75, 3.05) is 5.43 Å². The molecule has 1 heterocycles. The van der Waals surface area contributed by atoms with Crippen LogP contribution in [-0.2, 0) is 0 Å². The lowest BCUT2D eigenvalue weighted by Crippen LogP contribution is -1.95. The minimum Gasteiger partial charge on any atom is -0.504 e. The highest BCUT2D eigenvalue weighted by Crippen LogP contribution is 2.32. The van der Waals surface area contributed by atoms with Crippen molar-refractivity contribution >= 4 is 22.2 Å². The standard InChI is InChI=1S/C14H15N3O2S/c18-12-6-5-9(7-13(12)19)11-8-20-14(15-11)17-16-10-3-1-2-4-10/h5-8,18-19H,1-4H2,(H,15,17). The number of hydrogen-bond donors (Lipinski definition) is 3. The van der Waals surface area contributed by atoms with Crippen LogP contribution < -0.4 is 5.43 Å². The molecule has 1 aliphatic carbocycles. The van der Waals surface area contributed by atoms with Gasteiger partial charge in [-0.3, -0.25) is 5.43 Å². The fourth-order valence-corrected chi connectivity index (χ4v) is 2.82. The number of aromatic nitrogens is 1. The Morgan fingerprint density at radius 1 is 1.15 bits per heavy atom. The first-order chi connectivity index (χ1) is 9.72. The average Bonchev–Trinajstić information content (AvgIpc) is 3.10. The fourth-order valence-electron chi connectivity index (χ4n) is 2.16. The van der Waals surface area contributed by atoms with E-state index in [1.807, 2.05) is 5.38 Å². The van der Waals surface area contributed by atoms with E-state index < -0.39 is 0 Å². The third-order valence-corrected chi connectivity index (χ3v) is 4.01. The van der Waals surface area contributed by atoms with Crippen molar-refractivity contribution in [1.29, 1.82) is 0 Å². The second-order valence-electron chi connectivity index (χ2n) is 4.74. The van der Waals surface area contributed by atoms with Crippen LogP contribution in [0.1, 0.15) is 25.7 Å². The maximum Gasteiger partial charge on any atom is 0.203 e. The van der Waals surface area contributed by atoms with Crippen LogP contribution in [0, 0.1) is 0 Å². The summed E-state index contributed by atoms with van der Waals surface area (Å²) in [5.41, 5.74) is 5.70. The van der Waals surface area contributed by atoms with Crippen molar-refractivity contribution in [3.05, 3.63) is 23.6 Å². The Bertz CT molecular complexity index is 644. The molecule has 3 N–H and O–H groups in total. The maximum atomic E-state index is 9.50. The molecule has 5 nitrogen and oxygen atoms in total. The van der Waals surface area contributed by atoms with Gasteiger partial charge in [0.1, 0.15) is 0 Å². The van der Waals surface area contributed by atoms with Gasteiger partial charge in [0.15, 0.2) is 11.5 Å². The van der Waals surface area contributed by atoms with Crippen molar-refractivity contribution in [1.82, 2.24) is 4.98 Å². The number of benzene rings is 1. The van der Waals surface area contributed by atoms with E-state index in [2.05, 4.69) is 15.5 Å². The molecule has 1 aromatic carbocycles. The molecule has 0 radical (unpaired) electrons. The number of phenolic OH excluding ortho intramolecular Hbond substituents is 2. The summed E-state index contributed by atoms with van der Waals surface area (Å²) in [6, 6.07) is 4.67. The molecule has 0 aliphatic heterocycles. The highest BCUT2D eigenvalue weighted by molar-refractivity contribution is 7.14. The first kappa shape index (κ1) is 12.9. The third-order valence-electron chi connectivity index (χ3n) is 3.27. The lowest BCUT2D eigenvalue weighted by molar-refractivity contribution is 0.404. The van der Waals surface area contributed by atoms with E-state index in [0.717, 1.165) is 29.2 Å². The van der Waals surface area contributed by atoms with Gasteiger partial charge in [-0.15, -0.1) is 11.3 Å². The van der Waals surface area contributed by atoms with E-state index >= 15 is 0 Å². The lowest BCUT2D eigenvalue weighted by atomic mass is 10.1. The molecule has 0 unspecified atom stereocenters. The molecular formula is C14H15N3O2S. The Morgan fingerprint density at radius 2 is 1.95 bits per heavy atom. The van der Waals surface area contributed by atoms with Gasteiger partial charge in [0.2, 0.25) is 5.13 Å². The van der Waals surface area contributed by atoms with Gasteiger partial charge < -0.3 is 10.2 Å². The molecule has 2 aromatic rings. The van der Waals surface area contributed by atoms with Crippen molar-refractivity contribution in [2.24, 2.45) is 5.10 Å². The molecule has 1 aromatic heterocycles. The average molecular weight is 289 g/mol. The smallest absolute Gasteiger partial charge is 0.203 e. The van der Waals surface area contributed by atoms with Gasteiger partial charge in [0.25, 0.3) is 0 Å². The molecular weight excluding hydrogens is 274 g/mol. The van der Waals surface area contributed by atoms with Gasteiger partial charge in [0.05, 0.1) is 5.69 Å². The number of phenols is 2. The maximum absolute atomic E-state index is 9.50. The zero-order valence-corrected chi connectivity index (χ0v) is 11.7. The van der Waals surface area contributed by atoms with E-state index in [1.165, 1.54) is 42.0 Å². The summed E-state index contributed by atoms with van der Waals surface area (Å²) in [7, 11) is 0. The molecule has 20 heavy (non-hydrogen) atoms. The molecule has 0 atom stereocenters. The molecule has 0 bridgehead atoms. The van der Waals surface area contributed by atoms with Crippen LogP contribution in [0.15, 0.2) is 28.7 Å². The first-order valence-corrected chi connectivity index (χ1v) is 7.39. The van der Waals surface area contributed by atoms with Crippen molar-refractivity contribution in [3.8, 4) is 22.8 Å². The van der Waals surface area contributed by atoms with E-state index in [9.17, 15) is 10.2 Å². The van der Waals surface area contributed by atoms with Gasteiger partial charge in [-0.2, -0.15) is 5.10 Å². The van der Waals surface area contributed by atoms with Crippen LogP contribution in [-0.4, -0.2) is 20.9 Å². The summed E-state index contributed by atoms with van der Waals surface area (Å²) < 4.78 is 0. The van der Waals surface area contributed by atoms with Crippen LogP contribution >= 0.6 is 11.3 Å². The van der Waals surface area contributed by atoms with Crippen LogP contribution in [0.2, 0.25) is 0 Å². The van der Waals surface area contributed by atoms with Gasteiger partial charge in [-0.1, -0.05) is 0 Å². The highest BCUT2D eigenvalue weighted by Gasteiger charge is 2.09. The topological polar surface area (TPSA) is 77.7 Å². The van der Waals surface area contributed by atoms with Crippen molar-refractivity contribution in [3.63, 3.8) is 0 Å². The Labute approximate surface area is 120 Å². The number of nitrogens with zero attached hydrogens (tertiary/aromatic N) is 2. The lowest BCUT2D eigenvalue weighted by Gasteiger charge is -2.00. The summed E-state index contributed by atoms with van der Waals surface area (Å²) in [5, 5.41) is 25.8. The van der Waals surface area contributed by atoms with E-state index in [-0.39, 0.29) is 11.5 Å². The molecule has 0 saturated heterocycles. The van der Waals surface area contributed by atoms with Gasteiger partial charge in [0, 0.05) is 16.7 Å². The minimum atomic E-state index is -0.142. The van der Waals surface area contributed by atoms with Crippen LogP contribution in [0.3, 0.4) is 0 Å². The highest BCUT2D eigenvalue weighted by atomic mass is 32.1. The normalized spacial score (nSPS) is 14.5. The Balaban J connectivity index is 1.75. The summed E-state index contributed by atoms with van der Waals surface area (Å²) >= 11 is 1.46. The number of nitrogens with one attached hydrogen (secondary N) is 1. The van der Waals surface area contributed by atoms with Crippen LogP contribution in [0.25, 0.3) is 11.3 Å². The molecule has 1 fully saturated rings. The predicted molar refractivity (Wildman–Crippen MR) is 80.4 cm³/mol. The second-order valence-corrected chi connectivity index (χ2v) is 5.60. The quantitative estimate of drug-likeness (QED) is 0.596. The van der Waals surface area contributed by atoms with Crippen LogP contribution in [0.5, 0.6) is 11.5 Å². The molecule has 6 heteroatoms.